The summed E-state index contributed by atoms with van der Waals surface area (Å²) >= 11 is 0. The molecule has 1 aliphatic heterocycles. The van der Waals surface area contributed by atoms with Crippen LogP contribution in [0.1, 0.15) is 50.7 Å². The molecule has 0 bridgehead atoms. The van der Waals surface area contributed by atoms with Gasteiger partial charge in [0.15, 0.2) is 5.96 Å². The highest BCUT2D eigenvalue weighted by Crippen LogP contribution is 2.19. The van der Waals surface area contributed by atoms with Gasteiger partial charge in [0, 0.05) is 39.6 Å². The smallest absolute Gasteiger partial charge is 0.222 e. The number of amides is 1. The maximum absolute atomic E-state index is 12.4. The molecule has 144 valence electrons. The number of nitrogens with one attached hydrogen (secondary N) is 2. The molecule has 0 aliphatic carbocycles. The summed E-state index contributed by atoms with van der Waals surface area (Å²) in [6, 6.07) is 8.42. The molecular formula is C21H34N4O. The first-order valence-corrected chi connectivity index (χ1v) is 9.89. The van der Waals surface area contributed by atoms with Gasteiger partial charge < -0.3 is 15.5 Å². The van der Waals surface area contributed by atoms with E-state index >= 15 is 0 Å². The number of hydrogen-bond donors (Lipinski definition) is 2. The van der Waals surface area contributed by atoms with Crippen LogP contribution in [0.15, 0.2) is 29.3 Å². The highest BCUT2D eigenvalue weighted by atomic mass is 16.2. The van der Waals surface area contributed by atoms with Crippen LogP contribution in [-0.4, -0.2) is 43.4 Å². The number of carbonyl (C=O) groups is 1. The molecule has 5 nitrogen and oxygen atoms in total. The second-order valence-corrected chi connectivity index (χ2v) is 7.40. The average molecular weight is 359 g/mol. The second-order valence-electron chi connectivity index (χ2n) is 7.40. The summed E-state index contributed by atoms with van der Waals surface area (Å²) in [5.74, 6) is 1.81. The summed E-state index contributed by atoms with van der Waals surface area (Å²) in [5.41, 5.74) is 2.67. The van der Waals surface area contributed by atoms with Crippen LogP contribution in [0.5, 0.6) is 0 Å². The SMILES string of the molecule is CN=C(NCCCC(=O)N1CCc2ccccc2C1)NCCCC(C)C. The molecule has 5 heteroatoms. The van der Waals surface area contributed by atoms with Gasteiger partial charge in [-0.1, -0.05) is 38.1 Å². The van der Waals surface area contributed by atoms with Crippen LogP contribution in [0, 0.1) is 5.92 Å². The van der Waals surface area contributed by atoms with Crippen LogP contribution in [0.3, 0.4) is 0 Å². The van der Waals surface area contributed by atoms with E-state index in [1.54, 1.807) is 7.05 Å². The zero-order chi connectivity index (χ0) is 18.8. The number of benzene rings is 1. The number of rotatable bonds is 8. The third-order valence-electron chi connectivity index (χ3n) is 4.82. The van der Waals surface area contributed by atoms with E-state index in [-0.39, 0.29) is 5.91 Å². The first-order chi connectivity index (χ1) is 12.6. The normalized spacial score (nSPS) is 14.3. The highest BCUT2D eigenvalue weighted by molar-refractivity contribution is 5.80. The maximum Gasteiger partial charge on any atom is 0.222 e. The van der Waals surface area contributed by atoms with Crippen LogP contribution in [0.2, 0.25) is 0 Å². The van der Waals surface area contributed by atoms with Gasteiger partial charge in [-0.15, -0.1) is 0 Å². The van der Waals surface area contributed by atoms with Gasteiger partial charge in [-0.05, 0) is 42.7 Å². The van der Waals surface area contributed by atoms with Gasteiger partial charge in [0.1, 0.15) is 0 Å². The Balaban J connectivity index is 1.62. The van der Waals surface area contributed by atoms with Gasteiger partial charge >= 0.3 is 0 Å². The molecule has 2 rings (SSSR count). The Morgan fingerprint density at radius 2 is 1.85 bits per heavy atom. The summed E-state index contributed by atoms with van der Waals surface area (Å²) in [5, 5.41) is 6.63. The van der Waals surface area contributed by atoms with Gasteiger partial charge in [0.05, 0.1) is 0 Å². The Morgan fingerprint density at radius 3 is 2.54 bits per heavy atom. The summed E-state index contributed by atoms with van der Waals surface area (Å²) in [4.78, 5) is 18.7. The topological polar surface area (TPSA) is 56.7 Å². The molecule has 1 aromatic carbocycles. The molecule has 0 unspecified atom stereocenters. The van der Waals surface area contributed by atoms with E-state index in [1.807, 2.05) is 4.90 Å². The van der Waals surface area contributed by atoms with E-state index in [2.05, 4.69) is 53.7 Å². The van der Waals surface area contributed by atoms with Crippen molar-refractivity contribution < 1.29 is 4.79 Å². The number of guanidine groups is 1. The lowest BCUT2D eigenvalue weighted by atomic mass is 9.99. The average Bonchev–Trinajstić information content (AvgIpc) is 2.65. The minimum atomic E-state index is 0.251. The van der Waals surface area contributed by atoms with Crippen LogP contribution in [-0.2, 0) is 17.8 Å². The molecule has 0 radical (unpaired) electrons. The summed E-state index contributed by atoms with van der Waals surface area (Å²) < 4.78 is 0. The first kappa shape index (κ1) is 20.3. The zero-order valence-electron chi connectivity index (χ0n) is 16.6. The van der Waals surface area contributed by atoms with Crippen molar-refractivity contribution in [3.63, 3.8) is 0 Å². The Hall–Kier alpha value is -2.04. The molecule has 0 fully saturated rings. The van der Waals surface area contributed by atoms with Crippen LogP contribution < -0.4 is 10.6 Å². The molecule has 0 aromatic heterocycles. The Bertz CT molecular complexity index is 597. The Kier molecular flexibility index (Phi) is 8.45. The largest absolute Gasteiger partial charge is 0.356 e. The van der Waals surface area contributed by atoms with E-state index in [1.165, 1.54) is 17.5 Å². The molecule has 1 amide bonds. The van der Waals surface area contributed by atoms with E-state index in [9.17, 15) is 4.79 Å². The number of fused-ring (bicyclic) bond motifs is 1. The molecule has 1 heterocycles. The van der Waals surface area contributed by atoms with Gasteiger partial charge in [0.2, 0.25) is 5.91 Å². The summed E-state index contributed by atoms with van der Waals surface area (Å²) in [6.45, 7) is 7.77. The van der Waals surface area contributed by atoms with Crippen molar-refractivity contribution in [2.45, 2.75) is 52.5 Å². The lowest BCUT2D eigenvalue weighted by molar-refractivity contribution is -0.132. The minimum Gasteiger partial charge on any atom is -0.356 e. The molecule has 0 spiro atoms. The third kappa shape index (κ3) is 6.70. The van der Waals surface area contributed by atoms with Crippen LogP contribution in [0.4, 0.5) is 0 Å². The van der Waals surface area contributed by atoms with E-state index in [4.69, 9.17) is 0 Å². The molecule has 0 atom stereocenters. The van der Waals surface area contributed by atoms with Crippen molar-refractivity contribution in [3.05, 3.63) is 35.4 Å². The fraction of sp³-hybridized carbons (Fsp3) is 0.619. The third-order valence-corrected chi connectivity index (χ3v) is 4.82. The van der Waals surface area contributed by atoms with Gasteiger partial charge in [-0.25, -0.2) is 0 Å². The molecule has 0 saturated carbocycles. The summed E-state index contributed by atoms with van der Waals surface area (Å²) in [6.07, 6.45) is 4.74. The molecule has 1 aliphatic rings. The van der Waals surface area contributed by atoms with E-state index in [0.717, 1.165) is 57.3 Å². The standard InChI is InChI=1S/C21H34N4O/c1-17(2)8-6-13-23-21(22-3)24-14-7-11-20(26)25-15-12-18-9-4-5-10-19(18)16-25/h4-5,9-10,17H,6-8,11-16H2,1-3H3,(H2,22,23,24). The van der Waals surface area contributed by atoms with Crippen LogP contribution >= 0.6 is 0 Å². The minimum absolute atomic E-state index is 0.251. The predicted molar refractivity (Wildman–Crippen MR) is 108 cm³/mol. The van der Waals surface area contributed by atoms with E-state index < -0.39 is 0 Å². The Morgan fingerprint density at radius 1 is 1.15 bits per heavy atom. The summed E-state index contributed by atoms with van der Waals surface area (Å²) in [7, 11) is 1.79. The molecule has 1 aromatic rings. The molecule has 2 N–H and O–H groups in total. The zero-order valence-corrected chi connectivity index (χ0v) is 16.6. The quantitative estimate of drug-likeness (QED) is 0.427. The van der Waals surface area contributed by atoms with Crippen molar-refractivity contribution in [1.29, 1.82) is 0 Å². The molecule has 26 heavy (non-hydrogen) atoms. The van der Waals surface area contributed by atoms with Crippen molar-refractivity contribution in [2.75, 3.05) is 26.7 Å². The highest BCUT2D eigenvalue weighted by Gasteiger charge is 2.19. The van der Waals surface area contributed by atoms with Crippen molar-refractivity contribution in [1.82, 2.24) is 15.5 Å². The number of hydrogen-bond acceptors (Lipinski definition) is 2. The molecule has 0 saturated heterocycles. The van der Waals surface area contributed by atoms with Gasteiger partial charge in [-0.3, -0.25) is 9.79 Å². The van der Waals surface area contributed by atoms with Gasteiger partial charge in [0.25, 0.3) is 0 Å². The number of carbonyl (C=O) groups excluding carboxylic acids is 1. The predicted octanol–water partition coefficient (Wildman–Crippen LogP) is 2.95. The van der Waals surface area contributed by atoms with Gasteiger partial charge in [-0.2, -0.15) is 0 Å². The van der Waals surface area contributed by atoms with E-state index in [0.29, 0.717) is 6.42 Å². The lowest BCUT2D eigenvalue weighted by Crippen LogP contribution is -2.39. The fourth-order valence-electron chi connectivity index (χ4n) is 3.25. The van der Waals surface area contributed by atoms with Crippen molar-refractivity contribution in [2.24, 2.45) is 10.9 Å². The molecular weight excluding hydrogens is 324 g/mol. The number of aliphatic imine (C=N–C) groups is 1. The maximum atomic E-state index is 12.4. The lowest BCUT2D eigenvalue weighted by Gasteiger charge is -2.29. The van der Waals surface area contributed by atoms with Crippen molar-refractivity contribution in [3.8, 4) is 0 Å². The first-order valence-electron chi connectivity index (χ1n) is 9.89. The van der Waals surface area contributed by atoms with Crippen LogP contribution in [0.25, 0.3) is 0 Å². The van der Waals surface area contributed by atoms with Crippen molar-refractivity contribution >= 4 is 11.9 Å². The number of nitrogens with zero attached hydrogens (tertiary/aromatic N) is 2. The Labute approximate surface area is 158 Å². The second kappa shape index (κ2) is 10.8. The monoisotopic (exact) mass is 358 g/mol. The fourth-order valence-corrected chi connectivity index (χ4v) is 3.25.